The third kappa shape index (κ3) is 3.10. The molecule has 1 aromatic heterocycles. The molecule has 5 rings (SSSR count). The van der Waals surface area contributed by atoms with E-state index in [9.17, 15) is 0 Å². The lowest BCUT2D eigenvalue weighted by Gasteiger charge is -2.28. The van der Waals surface area contributed by atoms with Gasteiger partial charge in [0.25, 0.3) is 0 Å². The lowest BCUT2D eigenvalue weighted by atomic mass is 10.0. The Morgan fingerprint density at radius 2 is 1.82 bits per heavy atom. The summed E-state index contributed by atoms with van der Waals surface area (Å²) in [6.07, 6.45) is 0.782. The van der Waals surface area contributed by atoms with Crippen LogP contribution in [0.2, 0.25) is 0 Å². The number of rotatable bonds is 3. The van der Waals surface area contributed by atoms with Gasteiger partial charge in [0.15, 0.2) is 28.2 Å². The van der Waals surface area contributed by atoms with Crippen molar-refractivity contribution in [2.45, 2.75) is 25.7 Å². The second kappa shape index (κ2) is 7.07. The zero-order chi connectivity index (χ0) is 19.1. The molecule has 3 heterocycles. The van der Waals surface area contributed by atoms with Gasteiger partial charge in [-0.15, -0.1) is 0 Å². The van der Waals surface area contributed by atoms with Crippen molar-refractivity contribution >= 4 is 12.2 Å². The Kier molecular flexibility index (Phi) is 4.41. The van der Waals surface area contributed by atoms with Gasteiger partial charge >= 0.3 is 0 Å². The molecular formula is C21H22N4O2S. The maximum Gasteiger partial charge on any atom is 0.198 e. The molecular weight excluding hydrogens is 372 g/mol. The van der Waals surface area contributed by atoms with Crippen LogP contribution in [0, 0.1) is 4.77 Å². The number of hydrogen-bond acceptors (Lipinski definition) is 5. The molecule has 0 fully saturated rings. The van der Waals surface area contributed by atoms with Gasteiger partial charge in [0, 0.05) is 20.1 Å². The van der Waals surface area contributed by atoms with Gasteiger partial charge in [-0.2, -0.15) is 5.10 Å². The third-order valence-electron chi connectivity index (χ3n) is 5.41. The SMILES string of the molecule is Cn1c(C2COc3ccccc3O2)nn(CN2CCc3ccccc3C2)c1=S. The van der Waals surface area contributed by atoms with Crippen molar-refractivity contribution in [3.63, 3.8) is 0 Å². The first-order valence-electron chi connectivity index (χ1n) is 9.50. The molecule has 0 amide bonds. The van der Waals surface area contributed by atoms with Crippen molar-refractivity contribution in [3.05, 3.63) is 70.3 Å². The van der Waals surface area contributed by atoms with Crippen molar-refractivity contribution in [1.82, 2.24) is 19.2 Å². The van der Waals surface area contributed by atoms with Crippen molar-refractivity contribution in [2.75, 3.05) is 13.2 Å². The van der Waals surface area contributed by atoms with E-state index in [1.54, 1.807) is 0 Å². The van der Waals surface area contributed by atoms with Crippen molar-refractivity contribution in [1.29, 1.82) is 0 Å². The fourth-order valence-corrected chi connectivity index (χ4v) is 4.08. The van der Waals surface area contributed by atoms with E-state index in [1.807, 2.05) is 40.6 Å². The summed E-state index contributed by atoms with van der Waals surface area (Å²) in [6, 6.07) is 16.3. The highest BCUT2D eigenvalue weighted by molar-refractivity contribution is 7.71. The molecule has 2 aromatic carbocycles. The lowest BCUT2D eigenvalue weighted by Crippen LogP contribution is -2.32. The molecule has 3 aromatic rings. The molecule has 2 aliphatic rings. The standard InChI is InChI=1S/C21H22N4O2S/c1-23-20(19-13-26-17-8-4-5-9-18(17)27-19)22-25(21(23)28)14-24-11-10-15-6-2-3-7-16(15)12-24/h2-9,19H,10-14H2,1H3. The van der Waals surface area contributed by atoms with Crippen LogP contribution in [-0.4, -0.2) is 32.4 Å². The fourth-order valence-electron chi connectivity index (χ4n) is 3.89. The number of nitrogens with zero attached hydrogens (tertiary/aromatic N) is 4. The first kappa shape index (κ1) is 17.5. The van der Waals surface area contributed by atoms with E-state index in [0.29, 0.717) is 18.0 Å². The Bertz CT molecular complexity index is 1070. The summed E-state index contributed by atoms with van der Waals surface area (Å²) in [6.45, 7) is 3.01. The largest absolute Gasteiger partial charge is 0.485 e. The van der Waals surface area contributed by atoms with Crippen LogP contribution in [-0.2, 0) is 26.7 Å². The van der Waals surface area contributed by atoms with E-state index in [4.69, 9.17) is 26.8 Å². The van der Waals surface area contributed by atoms with Crippen molar-refractivity contribution in [3.8, 4) is 11.5 Å². The maximum absolute atomic E-state index is 6.12. The molecule has 1 unspecified atom stereocenters. The molecule has 1 atom stereocenters. The summed E-state index contributed by atoms with van der Waals surface area (Å²) in [5.74, 6) is 2.30. The number of aromatic nitrogens is 3. The number of fused-ring (bicyclic) bond motifs is 2. The van der Waals surface area contributed by atoms with Crippen LogP contribution in [0.1, 0.15) is 23.1 Å². The summed E-state index contributed by atoms with van der Waals surface area (Å²) < 4.78 is 16.5. The van der Waals surface area contributed by atoms with E-state index in [2.05, 4.69) is 29.2 Å². The predicted molar refractivity (Wildman–Crippen MR) is 108 cm³/mol. The Morgan fingerprint density at radius 1 is 1.07 bits per heavy atom. The molecule has 0 bridgehead atoms. The normalized spacial score (nSPS) is 18.7. The molecule has 28 heavy (non-hydrogen) atoms. The Labute approximate surface area is 168 Å². The first-order chi connectivity index (χ1) is 13.7. The summed E-state index contributed by atoms with van der Waals surface area (Å²) in [5, 5.41) is 4.78. The summed E-state index contributed by atoms with van der Waals surface area (Å²) in [4.78, 5) is 2.38. The molecule has 0 N–H and O–H groups in total. The third-order valence-corrected chi connectivity index (χ3v) is 5.90. The highest BCUT2D eigenvalue weighted by Crippen LogP contribution is 2.35. The van der Waals surface area contributed by atoms with E-state index >= 15 is 0 Å². The van der Waals surface area contributed by atoms with Crippen molar-refractivity contribution < 1.29 is 9.47 Å². The van der Waals surface area contributed by atoms with Gasteiger partial charge in [-0.05, 0) is 41.9 Å². The minimum Gasteiger partial charge on any atom is -0.485 e. The Morgan fingerprint density at radius 3 is 2.68 bits per heavy atom. The van der Waals surface area contributed by atoms with Gasteiger partial charge < -0.3 is 14.0 Å². The highest BCUT2D eigenvalue weighted by Gasteiger charge is 2.27. The van der Waals surface area contributed by atoms with E-state index in [0.717, 1.165) is 36.8 Å². The zero-order valence-electron chi connectivity index (χ0n) is 15.7. The van der Waals surface area contributed by atoms with Gasteiger partial charge in [-0.3, -0.25) is 4.90 Å². The summed E-state index contributed by atoms with van der Waals surface area (Å²) in [5.41, 5.74) is 2.83. The highest BCUT2D eigenvalue weighted by atomic mass is 32.1. The van der Waals surface area contributed by atoms with Crippen molar-refractivity contribution in [2.24, 2.45) is 7.05 Å². The molecule has 0 radical (unpaired) electrons. The molecule has 7 heteroatoms. The van der Waals surface area contributed by atoms with Crippen LogP contribution in [0.25, 0.3) is 0 Å². The van der Waals surface area contributed by atoms with Gasteiger partial charge in [-0.25, -0.2) is 4.68 Å². The smallest absolute Gasteiger partial charge is 0.198 e. The number of hydrogen-bond donors (Lipinski definition) is 0. The maximum atomic E-state index is 6.12. The summed E-state index contributed by atoms with van der Waals surface area (Å²) >= 11 is 5.65. The minimum absolute atomic E-state index is 0.273. The summed E-state index contributed by atoms with van der Waals surface area (Å²) in [7, 11) is 1.94. The average Bonchev–Trinajstić information content (AvgIpc) is 3.02. The Balaban J connectivity index is 1.36. The monoisotopic (exact) mass is 394 g/mol. The molecule has 0 spiro atoms. The van der Waals surface area contributed by atoms with Crippen LogP contribution >= 0.6 is 12.2 Å². The van der Waals surface area contributed by atoms with Gasteiger partial charge in [-0.1, -0.05) is 36.4 Å². The van der Waals surface area contributed by atoms with Crippen LogP contribution in [0.15, 0.2) is 48.5 Å². The van der Waals surface area contributed by atoms with Crippen LogP contribution < -0.4 is 9.47 Å². The van der Waals surface area contributed by atoms with E-state index in [1.165, 1.54) is 11.1 Å². The zero-order valence-corrected chi connectivity index (χ0v) is 16.6. The molecule has 0 saturated heterocycles. The second-order valence-electron chi connectivity index (χ2n) is 7.28. The predicted octanol–water partition coefficient (Wildman–Crippen LogP) is 3.48. The van der Waals surface area contributed by atoms with Crippen LogP contribution in [0.5, 0.6) is 11.5 Å². The average molecular weight is 395 g/mol. The number of benzene rings is 2. The molecule has 0 aliphatic carbocycles. The van der Waals surface area contributed by atoms with Gasteiger partial charge in [0.2, 0.25) is 0 Å². The van der Waals surface area contributed by atoms with Gasteiger partial charge in [0.05, 0.1) is 6.67 Å². The van der Waals surface area contributed by atoms with Crippen LogP contribution in [0.4, 0.5) is 0 Å². The minimum atomic E-state index is -0.273. The van der Waals surface area contributed by atoms with E-state index < -0.39 is 0 Å². The molecule has 0 saturated carbocycles. The number of para-hydroxylation sites is 2. The topological polar surface area (TPSA) is 44.5 Å². The molecule has 144 valence electrons. The molecule has 6 nitrogen and oxygen atoms in total. The van der Waals surface area contributed by atoms with Crippen LogP contribution in [0.3, 0.4) is 0 Å². The second-order valence-corrected chi connectivity index (χ2v) is 7.64. The number of ether oxygens (including phenoxy) is 2. The first-order valence-corrected chi connectivity index (χ1v) is 9.91. The Hall–Kier alpha value is -2.64. The lowest BCUT2D eigenvalue weighted by molar-refractivity contribution is 0.0820. The fraction of sp³-hybridized carbons (Fsp3) is 0.333. The molecule has 2 aliphatic heterocycles. The van der Waals surface area contributed by atoms with E-state index in [-0.39, 0.29) is 6.10 Å². The van der Waals surface area contributed by atoms with Gasteiger partial charge in [0.1, 0.15) is 6.61 Å². The quantitative estimate of drug-likeness (QED) is 0.637.